The smallest absolute Gasteiger partial charge is 0.291 e. The highest BCUT2D eigenvalue weighted by Gasteiger charge is 2.45. The standard InChI is InChI=1S/C18H20N4O2/c23-15-12-22(17(24)16-19-7-3-8-20-16)9-6-18(15)10-13-4-1-2-5-14(13)11-21-18/h1-5,7-8,15,21,23H,6,9-12H2/t15-,18+/m1/s1. The van der Waals surface area contributed by atoms with Crippen LogP contribution in [0.5, 0.6) is 0 Å². The predicted molar refractivity (Wildman–Crippen MR) is 88.3 cm³/mol. The molecule has 3 heterocycles. The van der Waals surface area contributed by atoms with E-state index in [-0.39, 0.29) is 17.3 Å². The normalized spacial score (nSPS) is 26.2. The van der Waals surface area contributed by atoms with Crippen molar-refractivity contribution in [2.45, 2.75) is 31.0 Å². The van der Waals surface area contributed by atoms with E-state index in [1.165, 1.54) is 11.1 Å². The van der Waals surface area contributed by atoms with E-state index in [4.69, 9.17) is 0 Å². The highest BCUT2D eigenvalue weighted by Crippen LogP contribution is 2.32. The van der Waals surface area contributed by atoms with Gasteiger partial charge in [-0.25, -0.2) is 9.97 Å². The van der Waals surface area contributed by atoms with Gasteiger partial charge < -0.3 is 15.3 Å². The SMILES string of the molecule is O=C(c1ncccn1)N1CC[C@]2(Cc3ccccc3CN2)[C@H](O)C1. The van der Waals surface area contributed by atoms with Crippen molar-refractivity contribution in [3.8, 4) is 0 Å². The molecule has 2 aliphatic heterocycles. The average Bonchev–Trinajstić information content (AvgIpc) is 2.64. The van der Waals surface area contributed by atoms with Crippen molar-refractivity contribution in [1.82, 2.24) is 20.2 Å². The van der Waals surface area contributed by atoms with Gasteiger partial charge in [-0.15, -0.1) is 0 Å². The molecule has 1 aromatic carbocycles. The van der Waals surface area contributed by atoms with Crippen molar-refractivity contribution in [2.75, 3.05) is 13.1 Å². The molecular formula is C18H20N4O2. The number of nitrogens with one attached hydrogen (secondary N) is 1. The Bertz CT molecular complexity index is 752. The van der Waals surface area contributed by atoms with E-state index >= 15 is 0 Å². The van der Waals surface area contributed by atoms with Crippen LogP contribution in [-0.4, -0.2) is 50.6 Å². The van der Waals surface area contributed by atoms with E-state index in [1.807, 2.05) is 12.1 Å². The largest absolute Gasteiger partial charge is 0.389 e. The van der Waals surface area contributed by atoms with Crippen LogP contribution >= 0.6 is 0 Å². The average molecular weight is 324 g/mol. The van der Waals surface area contributed by atoms with Crippen molar-refractivity contribution in [3.05, 3.63) is 59.7 Å². The summed E-state index contributed by atoms with van der Waals surface area (Å²) in [7, 11) is 0. The molecule has 0 unspecified atom stereocenters. The molecule has 2 N–H and O–H groups in total. The second kappa shape index (κ2) is 5.96. The zero-order chi connectivity index (χ0) is 16.6. The maximum atomic E-state index is 12.5. The molecule has 2 aromatic rings. The molecule has 124 valence electrons. The van der Waals surface area contributed by atoms with Crippen LogP contribution in [0.15, 0.2) is 42.7 Å². The van der Waals surface area contributed by atoms with Crippen molar-refractivity contribution in [3.63, 3.8) is 0 Å². The minimum atomic E-state index is -0.618. The van der Waals surface area contributed by atoms with Gasteiger partial charge in [-0.2, -0.15) is 0 Å². The molecule has 1 aromatic heterocycles. The Morgan fingerprint density at radius 1 is 1.21 bits per heavy atom. The Kier molecular flexibility index (Phi) is 3.78. The maximum Gasteiger partial charge on any atom is 0.291 e. The lowest BCUT2D eigenvalue weighted by molar-refractivity contribution is -0.0142. The molecule has 1 spiro atoms. The molecule has 0 bridgehead atoms. The van der Waals surface area contributed by atoms with Crippen LogP contribution in [0.2, 0.25) is 0 Å². The molecule has 2 aliphatic rings. The fourth-order valence-electron chi connectivity index (χ4n) is 3.70. The minimum Gasteiger partial charge on any atom is -0.389 e. The highest BCUT2D eigenvalue weighted by atomic mass is 16.3. The Labute approximate surface area is 140 Å². The Balaban J connectivity index is 1.50. The van der Waals surface area contributed by atoms with Gasteiger partial charge in [0.05, 0.1) is 11.6 Å². The van der Waals surface area contributed by atoms with Gasteiger partial charge >= 0.3 is 0 Å². The van der Waals surface area contributed by atoms with Gasteiger partial charge in [0.2, 0.25) is 5.82 Å². The summed E-state index contributed by atoms with van der Waals surface area (Å²) >= 11 is 0. The van der Waals surface area contributed by atoms with Gasteiger partial charge in [0.25, 0.3) is 5.91 Å². The molecule has 24 heavy (non-hydrogen) atoms. The monoisotopic (exact) mass is 324 g/mol. The fraction of sp³-hybridized carbons (Fsp3) is 0.389. The number of aromatic nitrogens is 2. The number of hydrogen-bond donors (Lipinski definition) is 2. The lowest BCUT2D eigenvalue weighted by atomic mass is 9.76. The molecule has 0 aliphatic carbocycles. The number of hydrogen-bond acceptors (Lipinski definition) is 5. The van der Waals surface area contributed by atoms with Gasteiger partial charge in [-0.1, -0.05) is 24.3 Å². The van der Waals surface area contributed by atoms with Crippen LogP contribution in [0.4, 0.5) is 0 Å². The number of fused-ring (bicyclic) bond motifs is 1. The quantitative estimate of drug-likeness (QED) is 0.810. The zero-order valence-corrected chi connectivity index (χ0v) is 13.4. The summed E-state index contributed by atoms with van der Waals surface area (Å²) in [5.41, 5.74) is 2.20. The second-order valence-corrected chi connectivity index (χ2v) is 6.54. The summed E-state index contributed by atoms with van der Waals surface area (Å²) in [4.78, 5) is 22.2. The molecule has 0 radical (unpaired) electrons. The van der Waals surface area contributed by atoms with E-state index in [0.29, 0.717) is 19.5 Å². The van der Waals surface area contributed by atoms with Crippen molar-refractivity contribution < 1.29 is 9.90 Å². The zero-order valence-electron chi connectivity index (χ0n) is 13.4. The van der Waals surface area contributed by atoms with Crippen molar-refractivity contribution >= 4 is 5.91 Å². The Morgan fingerprint density at radius 2 is 1.96 bits per heavy atom. The molecule has 6 heteroatoms. The third kappa shape index (κ3) is 2.57. The number of likely N-dealkylation sites (tertiary alicyclic amines) is 1. The first-order chi connectivity index (χ1) is 11.7. The number of benzene rings is 1. The molecule has 1 fully saturated rings. The first kappa shape index (κ1) is 15.2. The number of carbonyl (C=O) groups is 1. The lowest BCUT2D eigenvalue weighted by Crippen LogP contribution is -2.65. The van der Waals surface area contributed by atoms with Crippen LogP contribution in [0, 0.1) is 0 Å². The number of piperidine rings is 1. The maximum absolute atomic E-state index is 12.5. The Hall–Kier alpha value is -2.31. The van der Waals surface area contributed by atoms with Crippen LogP contribution in [0.25, 0.3) is 0 Å². The molecule has 6 nitrogen and oxygen atoms in total. The Morgan fingerprint density at radius 3 is 2.71 bits per heavy atom. The summed E-state index contributed by atoms with van der Waals surface area (Å²) in [6, 6.07) is 10.00. The number of aliphatic hydroxyl groups is 1. The fourth-order valence-corrected chi connectivity index (χ4v) is 3.70. The summed E-state index contributed by atoms with van der Waals surface area (Å²) in [6.45, 7) is 1.64. The van der Waals surface area contributed by atoms with E-state index < -0.39 is 6.10 Å². The van der Waals surface area contributed by atoms with Gasteiger partial charge in [-0.3, -0.25) is 4.79 Å². The molecule has 4 rings (SSSR count). The number of nitrogens with zero attached hydrogens (tertiary/aromatic N) is 3. The third-order valence-corrected chi connectivity index (χ3v) is 5.16. The molecule has 2 atom stereocenters. The van der Waals surface area contributed by atoms with E-state index in [0.717, 1.165) is 13.0 Å². The van der Waals surface area contributed by atoms with Gasteiger partial charge in [-0.05, 0) is 30.0 Å². The lowest BCUT2D eigenvalue weighted by Gasteiger charge is -2.48. The molecule has 1 amide bonds. The highest BCUT2D eigenvalue weighted by molar-refractivity contribution is 5.90. The number of β-amino-alcohol motifs (C(OH)–C–C–N with tert-alkyl or cyclic N) is 1. The molecule has 0 saturated carbocycles. The summed E-state index contributed by atoms with van der Waals surface area (Å²) in [5, 5.41) is 14.3. The van der Waals surface area contributed by atoms with Gasteiger partial charge in [0.15, 0.2) is 0 Å². The number of carbonyl (C=O) groups excluding carboxylic acids is 1. The topological polar surface area (TPSA) is 78.4 Å². The summed E-state index contributed by atoms with van der Waals surface area (Å²) in [6.07, 6.45) is 3.99. The van der Waals surface area contributed by atoms with Crippen LogP contribution < -0.4 is 5.32 Å². The number of amides is 1. The van der Waals surface area contributed by atoms with Crippen LogP contribution in [0.1, 0.15) is 28.2 Å². The van der Waals surface area contributed by atoms with Crippen LogP contribution in [-0.2, 0) is 13.0 Å². The first-order valence-corrected chi connectivity index (χ1v) is 8.24. The predicted octanol–water partition coefficient (Wildman–Crippen LogP) is 0.768. The van der Waals surface area contributed by atoms with Crippen LogP contribution in [0.3, 0.4) is 0 Å². The van der Waals surface area contributed by atoms with E-state index in [9.17, 15) is 9.90 Å². The molecular weight excluding hydrogens is 304 g/mol. The minimum absolute atomic E-state index is 0.183. The van der Waals surface area contributed by atoms with E-state index in [1.54, 1.807) is 23.4 Å². The van der Waals surface area contributed by atoms with E-state index in [2.05, 4.69) is 27.4 Å². The third-order valence-electron chi connectivity index (χ3n) is 5.16. The van der Waals surface area contributed by atoms with Crippen molar-refractivity contribution in [1.29, 1.82) is 0 Å². The number of aliphatic hydroxyl groups excluding tert-OH is 1. The van der Waals surface area contributed by atoms with Gasteiger partial charge in [0.1, 0.15) is 0 Å². The summed E-state index contributed by atoms with van der Waals surface area (Å²) in [5.74, 6) is -0.0386. The van der Waals surface area contributed by atoms with Crippen molar-refractivity contribution in [2.24, 2.45) is 0 Å². The van der Waals surface area contributed by atoms with Gasteiger partial charge in [0, 0.05) is 32.0 Å². The second-order valence-electron chi connectivity index (χ2n) is 6.54. The molecule has 1 saturated heterocycles. The summed E-state index contributed by atoms with van der Waals surface area (Å²) < 4.78 is 0. The number of rotatable bonds is 1. The first-order valence-electron chi connectivity index (χ1n) is 8.24.